The summed E-state index contributed by atoms with van der Waals surface area (Å²) in [6.45, 7) is 9.02. The maximum absolute atomic E-state index is 11.5. The molecule has 8 heteroatoms. The Labute approximate surface area is 114 Å². The topological polar surface area (TPSA) is 89.8 Å². The van der Waals surface area contributed by atoms with Gasteiger partial charge >= 0.3 is 0 Å². The first kappa shape index (κ1) is 16.0. The number of hydrogen-bond acceptors (Lipinski definition) is 6. The zero-order valence-corrected chi connectivity index (χ0v) is 12.8. The summed E-state index contributed by atoms with van der Waals surface area (Å²) >= 11 is 0. The molecule has 0 aliphatic heterocycles. The first-order chi connectivity index (χ1) is 8.85. The lowest BCUT2D eigenvalue weighted by Crippen LogP contribution is -2.27. The molecule has 0 amide bonds. The van der Waals surface area contributed by atoms with E-state index < -0.39 is 9.84 Å². The Balaban J connectivity index is 2.64. The minimum Gasteiger partial charge on any atom is -0.307 e. The average molecular weight is 289 g/mol. The summed E-state index contributed by atoms with van der Waals surface area (Å²) in [6, 6.07) is 0.00160. The molecule has 7 nitrogen and oxygen atoms in total. The molecule has 0 radical (unpaired) electrons. The molecule has 0 fully saturated rings. The molecule has 1 aromatic heterocycles. The van der Waals surface area contributed by atoms with Crippen LogP contribution < -0.4 is 5.32 Å². The highest BCUT2D eigenvalue weighted by atomic mass is 32.2. The SMILES string of the molecule is CCS(=O)(=O)CCn1nnnc1C(C)NCC(C)C. The molecule has 19 heavy (non-hydrogen) atoms. The van der Waals surface area contributed by atoms with E-state index in [9.17, 15) is 8.42 Å². The fraction of sp³-hybridized carbons (Fsp3) is 0.909. The van der Waals surface area contributed by atoms with Crippen LogP contribution in [-0.2, 0) is 16.4 Å². The number of nitrogens with zero attached hydrogens (tertiary/aromatic N) is 4. The molecule has 1 rings (SSSR count). The molecule has 1 unspecified atom stereocenters. The van der Waals surface area contributed by atoms with Gasteiger partial charge in [0.05, 0.1) is 18.3 Å². The molecule has 0 saturated carbocycles. The fourth-order valence-electron chi connectivity index (χ4n) is 1.55. The second kappa shape index (κ2) is 6.95. The molecule has 110 valence electrons. The number of tetrazole rings is 1. The first-order valence-electron chi connectivity index (χ1n) is 6.55. The zero-order chi connectivity index (χ0) is 14.5. The smallest absolute Gasteiger partial charge is 0.167 e. The van der Waals surface area contributed by atoms with Gasteiger partial charge < -0.3 is 5.32 Å². The standard InChI is InChI=1S/C11H23N5O2S/c1-5-19(17,18)7-6-16-11(13-14-15-16)10(4)12-8-9(2)3/h9-10,12H,5-8H2,1-4H3. The minimum atomic E-state index is -3.00. The van der Waals surface area contributed by atoms with Crippen molar-refractivity contribution in [3.05, 3.63) is 5.82 Å². The van der Waals surface area contributed by atoms with E-state index in [1.54, 1.807) is 11.6 Å². The predicted molar refractivity (Wildman–Crippen MR) is 73.4 cm³/mol. The van der Waals surface area contributed by atoms with Crippen LogP contribution in [0, 0.1) is 5.92 Å². The van der Waals surface area contributed by atoms with Gasteiger partial charge in [-0.15, -0.1) is 5.10 Å². The second-order valence-corrected chi connectivity index (χ2v) is 7.49. The lowest BCUT2D eigenvalue weighted by Gasteiger charge is -2.15. The van der Waals surface area contributed by atoms with Crippen LogP contribution in [0.4, 0.5) is 0 Å². The average Bonchev–Trinajstić information content (AvgIpc) is 2.82. The van der Waals surface area contributed by atoms with E-state index in [-0.39, 0.29) is 17.5 Å². The number of aryl methyl sites for hydroxylation is 1. The predicted octanol–water partition coefficient (Wildman–Crippen LogP) is 0.414. The monoisotopic (exact) mass is 289 g/mol. The van der Waals surface area contributed by atoms with Gasteiger partial charge in [0, 0.05) is 5.75 Å². The summed E-state index contributed by atoms with van der Waals surface area (Å²) in [4.78, 5) is 0. The lowest BCUT2D eigenvalue weighted by molar-refractivity contribution is 0.457. The third kappa shape index (κ3) is 5.23. The molecule has 0 aromatic carbocycles. The highest BCUT2D eigenvalue weighted by molar-refractivity contribution is 7.91. The number of rotatable bonds is 8. The largest absolute Gasteiger partial charge is 0.307 e. The summed E-state index contributed by atoms with van der Waals surface area (Å²) in [5.41, 5.74) is 0. The van der Waals surface area contributed by atoms with E-state index in [0.29, 0.717) is 18.3 Å². The van der Waals surface area contributed by atoms with Gasteiger partial charge in [0.2, 0.25) is 0 Å². The molecule has 0 aliphatic rings. The summed E-state index contributed by atoms with van der Waals surface area (Å²) in [6.07, 6.45) is 0. The number of nitrogens with one attached hydrogen (secondary N) is 1. The van der Waals surface area contributed by atoms with Crippen molar-refractivity contribution in [2.45, 2.75) is 40.3 Å². The van der Waals surface area contributed by atoms with Gasteiger partial charge in [0.15, 0.2) is 15.7 Å². The van der Waals surface area contributed by atoms with Crippen LogP contribution in [0.25, 0.3) is 0 Å². The van der Waals surface area contributed by atoms with E-state index in [0.717, 1.165) is 6.54 Å². The summed E-state index contributed by atoms with van der Waals surface area (Å²) in [5.74, 6) is 1.42. The van der Waals surface area contributed by atoms with Crippen LogP contribution in [-0.4, -0.2) is 46.7 Å². The van der Waals surface area contributed by atoms with Gasteiger partial charge in [-0.3, -0.25) is 0 Å². The van der Waals surface area contributed by atoms with E-state index in [4.69, 9.17) is 0 Å². The Morgan fingerprint density at radius 1 is 1.32 bits per heavy atom. The van der Waals surface area contributed by atoms with Gasteiger partial charge in [-0.25, -0.2) is 13.1 Å². The Hall–Kier alpha value is -1.02. The number of hydrogen-bond donors (Lipinski definition) is 1. The summed E-state index contributed by atoms with van der Waals surface area (Å²) < 4.78 is 24.5. The van der Waals surface area contributed by atoms with Crippen molar-refractivity contribution >= 4 is 9.84 Å². The molecule has 1 atom stereocenters. The van der Waals surface area contributed by atoms with E-state index in [1.165, 1.54) is 0 Å². The van der Waals surface area contributed by atoms with Crippen LogP contribution in [0.5, 0.6) is 0 Å². The highest BCUT2D eigenvalue weighted by Gasteiger charge is 2.16. The molecular formula is C11H23N5O2S. The number of aromatic nitrogens is 4. The second-order valence-electron chi connectivity index (χ2n) is 5.02. The highest BCUT2D eigenvalue weighted by Crippen LogP contribution is 2.08. The van der Waals surface area contributed by atoms with Crippen LogP contribution >= 0.6 is 0 Å². The van der Waals surface area contributed by atoms with Crippen LogP contribution in [0.1, 0.15) is 39.6 Å². The van der Waals surface area contributed by atoms with Gasteiger partial charge in [0.1, 0.15) is 0 Å². The normalized spacial score (nSPS) is 13.9. The molecule has 0 bridgehead atoms. The third-order valence-corrected chi connectivity index (χ3v) is 4.52. The lowest BCUT2D eigenvalue weighted by atomic mass is 10.2. The summed E-state index contributed by atoms with van der Waals surface area (Å²) in [7, 11) is -3.00. The van der Waals surface area contributed by atoms with Gasteiger partial charge in [-0.2, -0.15) is 0 Å². The first-order valence-corrected chi connectivity index (χ1v) is 8.37. The minimum absolute atomic E-state index is 0.00160. The van der Waals surface area contributed by atoms with Crippen molar-refractivity contribution in [2.24, 2.45) is 5.92 Å². The Morgan fingerprint density at radius 2 is 2.00 bits per heavy atom. The van der Waals surface area contributed by atoms with Gasteiger partial charge in [0.25, 0.3) is 0 Å². The number of sulfone groups is 1. The van der Waals surface area contributed by atoms with Crippen molar-refractivity contribution in [3.8, 4) is 0 Å². The van der Waals surface area contributed by atoms with Crippen molar-refractivity contribution in [1.29, 1.82) is 0 Å². The molecular weight excluding hydrogens is 266 g/mol. The van der Waals surface area contributed by atoms with Crippen LogP contribution in [0.15, 0.2) is 0 Å². The van der Waals surface area contributed by atoms with Crippen LogP contribution in [0.3, 0.4) is 0 Å². The Bertz CT molecular complexity index is 483. The van der Waals surface area contributed by atoms with E-state index >= 15 is 0 Å². The quantitative estimate of drug-likeness (QED) is 0.745. The van der Waals surface area contributed by atoms with Crippen molar-refractivity contribution in [3.63, 3.8) is 0 Å². The van der Waals surface area contributed by atoms with E-state index in [1.807, 2.05) is 6.92 Å². The molecule has 1 aromatic rings. The Kier molecular flexibility index (Phi) is 5.86. The van der Waals surface area contributed by atoms with Gasteiger partial charge in [-0.1, -0.05) is 20.8 Å². The molecule has 1 heterocycles. The molecule has 0 aliphatic carbocycles. The van der Waals surface area contributed by atoms with Gasteiger partial charge in [-0.05, 0) is 29.8 Å². The van der Waals surface area contributed by atoms with E-state index in [2.05, 4.69) is 34.7 Å². The Morgan fingerprint density at radius 3 is 2.58 bits per heavy atom. The molecule has 0 saturated heterocycles. The molecule has 1 N–H and O–H groups in total. The third-order valence-electron chi connectivity index (χ3n) is 2.83. The maximum atomic E-state index is 11.5. The van der Waals surface area contributed by atoms with Crippen molar-refractivity contribution in [2.75, 3.05) is 18.1 Å². The summed E-state index contributed by atoms with van der Waals surface area (Å²) in [5, 5.41) is 14.8. The zero-order valence-electron chi connectivity index (χ0n) is 12.0. The maximum Gasteiger partial charge on any atom is 0.167 e. The molecule has 0 spiro atoms. The fourth-order valence-corrected chi connectivity index (χ4v) is 2.29. The van der Waals surface area contributed by atoms with Crippen LogP contribution in [0.2, 0.25) is 0 Å². The van der Waals surface area contributed by atoms with Crippen molar-refractivity contribution < 1.29 is 8.42 Å². The van der Waals surface area contributed by atoms with Crippen molar-refractivity contribution in [1.82, 2.24) is 25.5 Å².